The number of hydrogen-bond acceptors (Lipinski definition) is 10. The predicted molar refractivity (Wildman–Crippen MR) is 166 cm³/mol. The molecule has 2 aromatic heterocycles. The van der Waals surface area contributed by atoms with Gasteiger partial charge in [-0.25, -0.2) is 45.2 Å². The van der Waals surface area contributed by atoms with Crippen LogP contribution in [-0.4, -0.2) is 86.4 Å². The molecule has 0 bridgehead atoms. The van der Waals surface area contributed by atoms with Crippen molar-refractivity contribution in [1.29, 1.82) is 0 Å². The normalized spacial score (nSPS) is 12.5. The zero-order valence-corrected chi connectivity index (χ0v) is 26.4. The third kappa shape index (κ3) is 11.6. The van der Waals surface area contributed by atoms with Crippen LogP contribution in [0.15, 0.2) is 96.4 Å². The van der Waals surface area contributed by atoms with Gasteiger partial charge < -0.3 is 9.80 Å². The highest BCUT2D eigenvalue weighted by atomic mass is 35.7. The number of nitrogens with one attached hydrogen (secondary N) is 1. The second-order valence-corrected chi connectivity index (χ2v) is 13.2. The summed E-state index contributed by atoms with van der Waals surface area (Å²) in [6.45, 7) is 0. The van der Waals surface area contributed by atoms with E-state index in [1.807, 2.05) is 0 Å². The summed E-state index contributed by atoms with van der Waals surface area (Å²) >= 11 is 0. The lowest BCUT2D eigenvalue weighted by Gasteiger charge is -2.08. The van der Waals surface area contributed by atoms with Gasteiger partial charge >= 0.3 is 11.4 Å². The van der Waals surface area contributed by atoms with Crippen LogP contribution in [0.5, 0.6) is 0 Å². The number of nitrogens with zero attached hydrogens (tertiary/aromatic N) is 7. The maximum Gasteiger partial charge on any atom is 0.363 e. The van der Waals surface area contributed by atoms with Crippen LogP contribution in [-0.2, 0) is 19.1 Å². The Kier molecular flexibility index (Phi) is 13.1. The quantitative estimate of drug-likeness (QED) is 0.168. The second kappa shape index (κ2) is 16.2. The minimum Gasteiger partial charge on any atom is -0.369 e. The van der Waals surface area contributed by atoms with E-state index in [0.29, 0.717) is 6.20 Å². The number of aliphatic imine (C=N–C) groups is 2. The van der Waals surface area contributed by atoms with Crippen molar-refractivity contribution in [3.8, 4) is 0 Å². The molecule has 0 radical (unpaired) electrons. The minimum atomic E-state index is -4.20. The first-order chi connectivity index (χ1) is 21.0. The van der Waals surface area contributed by atoms with Crippen molar-refractivity contribution in [3.05, 3.63) is 111 Å². The van der Waals surface area contributed by atoms with Crippen LogP contribution in [0.1, 0.15) is 0 Å². The molecule has 1 aliphatic rings. The molecule has 1 aliphatic carbocycles. The van der Waals surface area contributed by atoms with E-state index in [9.17, 15) is 35.2 Å². The molecule has 0 aliphatic heterocycles. The molecule has 0 spiro atoms. The van der Waals surface area contributed by atoms with Crippen LogP contribution in [0.25, 0.3) is 0 Å². The van der Waals surface area contributed by atoms with Gasteiger partial charge in [0.1, 0.15) is 12.2 Å². The van der Waals surface area contributed by atoms with E-state index in [0.717, 1.165) is 6.20 Å². The topological polar surface area (TPSA) is 180 Å². The lowest BCUT2D eigenvalue weighted by molar-refractivity contribution is 0.571. The molecular formula is C26H26ClF2N8O6S2+. The summed E-state index contributed by atoms with van der Waals surface area (Å²) in [6, 6.07) is 7.23. The molecule has 0 fully saturated rings. The van der Waals surface area contributed by atoms with Gasteiger partial charge in [-0.2, -0.15) is 13.9 Å². The highest BCUT2D eigenvalue weighted by Gasteiger charge is 2.21. The Morgan fingerprint density at radius 2 is 1.60 bits per heavy atom. The van der Waals surface area contributed by atoms with Gasteiger partial charge in [-0.1, -0.05) is 18.2 Å². The number of halogens is 3. The fourth-order valence-corrected chi connectivity index (χ4v) is 4.69. The Bertz CT molecular complexity index is 1970. The molecule has 45 heavy (non-hydrogen) atoms. The third-order valence-electron chi connectivity index (χ3n) is 4.68. The Morgan fingerprint density at radius 1 is 0.978 bits per heavy atom. The predicted octanol–water partition coefficient (Wildman–Crippen LogP) is 2.34. The summed E-state index contributed by atoms with van der Waals surface area (Å²) in [4.78, 5) is 41.7. The van der Waals surface area contributed by atoms with E-state index < -0.39 is 47.9 Å². The first-order valence-corrected chi connectivity index (χ1v) is 15.9. The van der Waals surface area contributed by atoms with Crippen molar-refractivity contribution in [2.45, 2.75) is 4.90 Å². The van der Waals surface area contributed by atoms with Crippen LogP contribution in [0.2, 0.25) is 0 Å². The number of aromatic nitrogens is 4. The molecule has 0 unspecified atom stereocenters. The fraction of sp³-hybridized carbons (Fsp3) is 0.154. The smallest absolute Gasteiger partial charge is 0.363 e. The van der Waals surface area contributed by atoms with Gasteiger partial charge in [0.2, 0.25) is 0 Å². The van der Waals surface area contributed by atoms with E-state index >= 15 is 0 Å². The zero-order chi connectivity index (χ0) is 33.8. The largest absolute Gasteiger partial charge is 0.369 e. The summed E-state index contributed by atoms with van der Waals surface area (Å²) in [7, 11) is 4.05. The molecule has 19 heteroatoms. The van der Waals surface area contributed by atoms with E-state index in [2.05, 4.69) is 31.0 Å². The molecule has 4 rings (SSSR count). The summed E-state index contributed by atoms with van der Waals surface area (Å²) in [5.74, 6) is -2.26. The second-order valence-electron chi connectivity index (χ2n) is 8.78. The van der Waals surface area contributed by atoms with Crippen LogP contribution >= 0.6 is 10.7 Å². The third-order valence-corrected chi connectivity index (χ3v) is 7.70. The molecule has 1 N–H and O–H groups in total. The van der Waals surface area contributed by atoms with Gasteiger partial charge in [0.05, 0.1) is 42.1 Å². The summed E-state index contributed by atoms with van der Waals surface area (Å²) in [5, 5.41) is 0. The van der Waals surface area contributed by atoms with Gasteiger partial charge in [0.25, 0.3) is 19.1 Å². The number of H-pyrrole nitrogens is 1. The maximum absolute atomic E-state index is 13.9. The average Bonchev–Trinajstić information content (AvgIpc) is 2.99. The van der Waals surface area contributed by atoms with Crippen LogP contribution in [0.3, 0.4) is 0 Å². The van der Waals surface area contributed by atoms with Crippen molar-refractivity contribution in [3.63, 3.8) is 0 Å². The van der Waals surface area contributed by atoms with Crippen molar-refractivity contribution < 1.29 is 25.6 Å². The molecule has 0 saturated heterocycles. The van der Waals surface area contributed by atoms with E-state index in [4.69, 9.17) is 10.7 Å². The number of benzene rings is 1. The fourth-order valence-electron chi connectivity index (χ4n) is 2.72. The minimum absolute atomic E-state index is 0.105. The number of hydrogen-bond donors (Lipinski definition) is 1. The molecule has 3 aromatic rings. The first kappa shape index (κ1) is 36.3. The molecule has 2 heterocycles. The molecule has 1 aromatic carbocycles. The van der Waals surface area contributed by atoms with Gasteiger partial charge in [-0.05, 0) is 12.1 Å². The zero-order valence-electron chi connectivity index (χ0n) is 24.0. The summed E-state index contributed by atoms with van der Waals surface area (Å²) in [6.07, 6.45) is 12.5. The number of rotatable bonds is 7. The van der Waals surface area contributed by atoms with Gasteiger partial charge in [-0.3, -0.25) is 4.98 Å². The maximum atomic E-state index is 13.9. The van der Waals surface area contributed by atoms with E-state index in [1.165, 1.54) is 66.1 Å². The van der Waals surface area contributed by atoms with Gasteiger partial charge in [0.15, 0.2) is 28.2 Å². The van der Waals surface area contributed by atoms with Gasteiger partial charge in [-0.15, -0.1) is 0 Å². The summed E-state index contributed by atoms with van der Waals surface area (Å²) in [5.41, 5.74) is -1.75. The SMILES string of the molecule is CN(C)C=Nc1[nH]c(=O)ncc1F.CN(C)C=Nc1nc(=O)n(S(=O)(=O)c2ccccc2)cc1F.O=S(=O)(Cl)C1=CC=[C+]C=C1. The van der Waals surface area contributed by atoms with Crippen LogP contribution in [0.4, 0.5) is 20.4 Å². The van der Waals surface area contributed by atoms with Gasteiger partial charge in [0, 0.05) is 44.9 Å². The van der Waals surface area contributed by atoms with Crippen molar-refractivity contribution in [2.75, 3.05) is 28.2 Å². The van der Waals surface area contributed by atoms with E-state index in [-0.39, 0.29) is 19.6 Å². The molecule has 0 amide bonds. The molecular weight excluding hydrogens is 658 g/mol. The Balaban J connectivity index is 0.000000259. The monoisotopic (exact) mass is 683 g/mol. The van der Waals surface area contributed by atoms with E-state index in [1.54, 1.807) is 39.2 Å². The lowest BCUT2D eigenvalue weighted by Crippen LogP contribution is -2.29. The van der Waals surface area contributed by atoms with Crippen molar-refractivity contribution in [2.24, 2.45) is 9.98 Å². The lowest BCUT2D eigenvalue weighted by atomic mass is 10.3. The van der Waals surface area contributed by atoms with Crippen molar-refractivity contribution in [1.82, 2.24) is 28.7 Å². The first-order valence-electron chi connectivity index (χ1n) is 12.2. The molecule has 0 atom stereocenters. The number of aromatic amines is 1. The van der Waals surface area contributed by atoms with Crippen molar-refractivity contribution >= 4 is 54.1 Å². The van der Waals surface area contributed by atoms with Crippen LogP contribution in [0, 0.1) is 17.7 Å². The molecule has 238 valence electrons. The molecule has 14 nitrogen and oxygen atoms in total. The highest BCUT2D eigenvalue weighted by molar-refractivity contribution is 8.17. The average molecular weight is 684 g/mol. The Morgan fingerprint density at radius 3 is 2.13 bits per heavy atom. The molecule has 0 saturated carbocycles. The summed E-state index contributed by atoms with van der Waals surface area (Å²) < 4.78 is 72.8. The Labute approximate surface area is 261 Å². The standard InChI is InChI=1S/C13H13FN4O3S.C7H9FN4O.C6H4ClO2S/c1-17(2)9-15-12-11(14)8-18(13(19)16-12)22(20,21)10-6-4-3-5-7-10;1-12(2)4-10-6-5(8)3-9-7(13)11-6;7-10(8,9)6-4-2-1-3-5-6/h3-9H,1-2H3;3-4H,1-2H3,(H,9,11,13);2-5H/q;;+1. The highest BCUT2D eigenvalue weighted by Crippen LogP contribution is 2.16. The Hall–Kier alpha value is -4.90. The van der Waals surface area contributed by atoms with Crippen LogP contribution < -0.4 is 11.4 Å². The number of allylic oxidation sites excluding steroid dienone is 5.